The van der Waals surface area contributed by atoms with Gasteiger partial charge in [-0.05, 0) is 56.1 Å². The van der Waals surface area contributed by atoms with Gasteiger partial charge >= 0.3 is 23.9 Å². The van der Waals surface area contributed by atoms with Crippen molar-refractivity contribution in [1.82, 2.24) is 9.55 Å². The number of thiol groups is 2. The highest BCUT2D eigenvalue weighted by Gasteiger charge is 2.50. The highest BCUT2D eigenvalue weighted by atomic mass is 32.1. The summed E-state index contributed by atoms with van der Waals surface area (Å²) in [6, 6.07) is 11.4. The van der Waals surface area contributed by atoms with Crippen LogP contribution in [-0.4, -0.2) is 97.3 Å². The Bertz CT molecular complexity index is 1920. The molecule has 0 saturated heterocycles. The van der Waals surface area contributed by atoms with Crippen molar-refractivity contribution in [2.45, 2.75) is 88.7 Å². The zero-order chi connectivity index (χ0) is 40.6. The fourth-order valence-corrected chi connectivity index (χ4v) is 7.59. The largest absolute Gasteiger partial charge is 0.463 e. The number of rotatable bonds is 25. The third-order valence-electron chi connectivity index (χ3n) is 9.79. The Morgan fingerprint density at radius 3 is 2.14 bits per heavy atom. The summed E-state index contributed by atoms with van der Waals surface area (Å²) in [6.07, 6.45) is 3.98. The average Bonchev–Trinajstić information content (AvgIpc) is 3.56. The van der Waals surface area contributed by atoms with Gasteiger partial charge in [-0.2, -0.15) is 25.3 Å². The number of benzene rings is 1. The highest BCUT2D eigenvalue weighted by molar-refractivity contribution is 7.81. The lowest BCUT2D eigenvalue weighted by Gasteiger charge is -2.35. The number of hydrogen-bond acceptors (Lipinski definition) is 15. The van der Waals surface area contributed by atoms with Gasteiger partial charge in [-0.1, -0.05) is 31.5 Å². The van der Waals surface area contributed by atoms with E-state index in [9.17, 15) is 24.0 Å². The van der Waals surface area contributed by atoms with E-state index in [2.05, 4.69) is 25.3 Å². The highest BCUT2D eigenvalue weighted by Crippen LogP contribution is 2.41. The topological polar surface area (TPSA) is 168 Å². The Kier molecular flexibility index (Phi) is 17.2. The van der Waals surface area contributed by atoms with Crippen molar-refractivity contribution in [3.8, 4) is 11.4 Å². The number of carbonyl (C=O) groups excluding carboxylic acids is 4. The maximum absolute atomic E-state index is 13.7. The number of fused-ring (bicyclic) bond motifs is 5. The number of pyridine rings is 2. The van der Waals surface area contributed by atoms with Crippen LogP contribution in [0.1, 0.15) is 81.4 Å². The number of para-hydroxylation sites is 1. The van der Waals surface area contributed by atoms with Crippen molar-refractivity contribution < 1.29 is 52.3 Å². The Hall–Kier alpha value is -3.96. The molecule has 5 rings (SSSR count). The molecule has 14 nitrogen and oxygen atoms in total. The van der Waals surface area contributed by atoms with Gasteiger partial charge in [0.2, 0.25) is 5.60 Å². The summed E-state index contributed by atoms with van der Waals surface area (Å²) in [4.78, 5) is 69.0. The number of unbranched alkanes of at least 4 members (excludes halogenated alkanes) is 1. The summed E-state index contributed by atoms with van der Waals surface area (Å²) in [5.74, 6) is -1.39. The molecule has 2 unspecified atom stereocenters. The average molecular weight is 829 g/mol. The van der Waals surface area contributed by atoms with Gasteiger partial charge in [0.25, 0.3) is 5.56 Å². The summed E-state index contributed by atoms with van der Waals surface area (Å²) in [5, 5.41) is 1.28. The van der Waals surface area contributed by atoms with Crippen molar-refractivity contribution in [1.29, 1.82) is 0 Å². The minimum absolute atomic E-state index is 0.0338. The molecule has 0 spiro atoms. The van der Waals surface area contributed by atoms with Gasteiger partial charge in [-0.15, -0.1) is 0 Å². The standard InChI is InChI=1S/C41H52N2O12S2/c1-2-41(32-25-34-38-29(24-28-8-3-5-10-33(28)42-38)26-43(34)39(47)31(32)27-54-40(41)48)55-37(46)13-7-12-36(45)53-22-20-51-18-16-49-15-17-50-19-21-52-35(44)11-6-4-9-30(57)14-23-56/h3,5,8,10,24-25,30,56-57H,2,4,6-7,9,11-23,26-27H2,1H3. The summed E-state index contributed by atoms with van der Waals surface area (Å²) in [6.45, 7) is 3.80. The molecule has 0 fully saturated rings. The summed E-state index contributed by atoms with van der Waals surface area (Å²) in [5.41, 5.74) is 1.26. The van der Waals surface area contributed by atoms with Crippen molar-refractivity contribution in [3.05, 3.63) is 63.4 Å². The minimum Gasteiger partial charge on any atom is -0.463 e. The zero-order valence-corrected chi connectivity index (χ0v) is 34.2. The lowest BCUT2D eigenvalue weighted by molar-refractivity contribution is -0.189. The predicted molar refractivity (Wildman–Crippen MR) is 216 cm³/mol. The van der Waals surface area contributed by atoms with Crippen LogP contribution in [0, 0.1) is 0 Å². The van der Waals surface area contributed by atoms with Crippen LogP contribution in [0.5, 0.6) is 0 Å². The Morgan fingerprint density at radius 2 is 1.47 bits per heavy atom. The van der Waals surface area contributed by atoms with Crippen LogP contribution in [-0.2, 0) is 71.1 Å². The Balaban J connectivity index is 0.938. The third-order valence-corrected chi connectivity index (χ3v) is 10.6. The van der Waals surface area contributed by atoms with Crippen molar-refractivity contribution in [3.63, 3.8) is 0 Å². The number of nitrogens with zero attached hydrogens (tertiary/aromatic N) is 2. The van der Waals surface area contributed by atoms with E-state index >= 15 is 0 Å². The molecule has 16 heteroatoms. The second-order valence-electron chi connectivity index (χ2n) is 13.8. The third kappa shape index (κ3) is 12.0. The number of ether oxygens (including phenoxy) is 7. The molecule has 310 valence electrons. The van der Waals surface area contributed by atoms with Crippen LogP contribution < -0.4 is 5.56 Å². The number of hydrogen-bond donors (Lipinski definition) is 2. The molecule has 1 aromatic carbocycles. The molecule has 0 bridgehead atoms. The van der Waals surface area contributed by atoms with Gasteiger partial charge < -0.3 is 37.7 Å². The van der Waals surface area contributed by atoms with E-state index < -0.39 is 23.5 Å². The van der Waals surface area contributed by atoms with Gasteiger partial charge in [-0.3, -0.25) is 19.2 Å². The molecule has 2 aliphatic heterocycles. The first kappa shape index (κ1) is 44.1. The first-order chi connectivity index (χ1) is 27.7. The molecule has 0 aliphatic carbocycles. The normalized spacial score (nSPS) is 16.0. The maximum Gasteiger partial charge on any atom is 0.355 e. The van der Waals surface area contributed by atoms with Crippen molar-refractivity contribution in [2.75, 3.05) is 58.6 Å². The second kappa shape index (κ2) is 22.3. The molecule has 0 radical (unpaired) electrons. The number of carbonyl (C=O) groups is 4. The van der Waals surface area contributed by atoms with Crippen molar-refractivity contribution in [2.24, 2.45) is 0 Å². The quantitative estimate of drug-likeness (QED) is 0.0392. The van der Waals surface area contributed by atoms with E-state index in [1.807, 2.05) is 30.3 Å². The van der Waals surface area contributed by atoms with E-state index in [1.165, 1.54) is 0 Å². The summed E-state index contributed by atoms with van der Waals surface area (Å²) in [7, 11) is 0. The number of cyclic esters (lactones) is 1. The van der Waals surface area contributed by atoms with Crippen LogP contribution in [0.4, 0.5) is 0 Å². The zero-order valence-electron chi connectivity index (χ0n) is 32.4. The molecule has 0 N–H and O–H groups in total. The van der Waals surface area contributed by atoms with Gasteiger partial charge in [-0.25, -0.2) is 9.78 Å². The monoisotopic (exact) mass is 828 g/mol. The summed E-state index contributed by atoms with van der Waals surface area (Å²) < 4.78 is 39.5. The molecule has 2 aliphatic rings. The van der Waals surface area contributed by atoms with E-state index in [-0.39, 0.29) is 75.8 Å². The first-order valence-corrected chi connectivity index (χ1v) is 20.7. The lowest BCUT2D eigenvalue weighted by Crippen LogP contribution is -2.47. The van der Waals surface area contributed by atoms with Crippen LogP contribution in [0.3, 0.4) is 0 Å². The Labute approximate surface area is 343 Å². The fourth-order valence-electron chi connectivity index (χ4n) is 6.76. The maximum atomic E-state index is 13.7. The van der Waals surface area contributed by atoms with E-state index in [0.29, 0.717) is 61.6 Å². The lowest BCUT2D eigenvalue weighted by atomic mass is 9.85. The number of aromatic nitrogens is 2. The second-order valence-corrected chi connectivity index (χ2v) is 15.0. The minimum atomic E-state index is -1.81. The molecular formula is C41H52N2O12S2. The summed E-state index contributed by atoms with van der Waals surface area (Å²) >= 11 is 8.68. The van der Waals surface area contributed by atoms with E-state index in [1.54, 1.807) is 17.6 Å². The molecule has 2 atom stereocenters. The smallest absolute Gasteiger partial charge is 0.355 e. The molecule has 57 heavy (non-hydrogen) atoms. The van der Waals surface area contributed by atoms with Crippen LogP contribution in [0.15, 0.2) is 41.2 Å². The number of esters is 4. The van der Waals surface area contributed by atoms with Crippen LogP contribution >= 0.6 is 25.3 Å². The van der Waals surface area contributed by atoms with Gasteiger partial charge in [0.05, 0.1) is 68.7 Å². The van der Waals surface area contributed by atoms with Crippen LogP contribution in [0.25, 0.3) is 22.3 Å². The van der Waals surface area contributed by atoms with Crippen LogP contribution in [0.2, 0.25) is 0 Å². The van der Waals surface area contributed by atoms with Gasteiger partial charge in [0, 0.05) is 41.0 Å². The van der Waals surface area contributed by atoms with Gasteiger partial charge in [0.15, 0.2) is 0 Å². The van der Waals surface area contributed by atoms with Gasteiger partial charge in [0.1, 0.15) is 19.8 Å². The van der Waals surface area contributed by atoms with E-state index in [0.717, 1.165) is 47.9 Å². The molecular weight excluding hydrogens is 777 g/mol. The van der Waals surface area contributed by atoms with Crippen molar-refractivity contribution >= 4 is 60.0 Å². The first-order valence-electron chi connectivity index (χ1n) is 19.6. The predicted octanol–water partition coefficient (Wildman–Crippen LogP) is 5.12. The molecule has 2 aromatic heterocycles. The van der Waals surface area contributed by atoms with E-state index in [4.69, 9.17) is 38.1 Å². The molecule has 4 heterocycles. The molecule has 0 saturated carbocycles. The SMILES string of the molecule is CCC1(OC(=O)CCCC(=O)OCCOCCOCCOCCOC(=O)CCCCC(S)CCS)C(=O)OCc2c1cc1n(c2=O)Cc2cc3ccccc3nc2-1. The molecule has 3 aromatic rings. The fraction of sp³-hybridized carbons (Fsp3) is 0.561. The molecule has 0 amide bonds. The Morgan fingerprint density at radius 1 is 0.842 bits per heavy atom.